The van der Waals surface area contributed by atoms with Crippen molar-refractivity contribution in [2.24, 2.45) is 0 Å². The predicted molar refractivity (Wildman–Crippen MR) is 78.3 cm³/mol. The molecule has 1 fully saturated rings. The Morgan fingerprint density at radius 2 is 1.85 bits per heavy atom. The van der Waals surface area contributed by atoms with E-state index >= 15 is 0 Å². The van der Waals surface area contributed by atoms with Crippen LogP contribution in [0.4, 0.5) is 0 Å². The summed E-state index contributed by atoms with van der Waals surface area (Å²) in [6.45, 7) is 5.31. The lowest BCUT2D eigenvalue weighted by molar-refractivity contribution is 0.100. The largest absolute Gasteiger partial charge is 0.304 e. The Morgan fingerprint density at radius 1 is 1.10 bits per heavy atom. The van der Waals surface area contributed by atoms with Gasteiger partial charge in [-0.2, -0.15) is 5.10 Å². The Hall–Kier alpha value is -1.72. The molecule has 0 radical (unpaired) electrons. The fraction of sp³-hybridized carbons (Fsp3) is 0.467. The second-order valence-corrected chi connectivity index (χ2v) is 5.38. The minimum Gasteiger partial charge on any atom is -0.304 e. The van der Waals surface area contributed by atoms with E-state index in [0.717, 1.165) is 32.7 Å². The average molecular weight is 271 g/mol. The summed E-state index contributed by atoms with van der Waals surface area (Å²) in [5.41, 5.74) is 1.35. The van der Waals surface area contributed by atoms with Gasteiger partial charge >= 0.3 is 0 Å². The van der Waals surface area contributed by atoms with E-state index in [1.807, 2.05) is 4.68 Å². The molecule has 1 aromatic carbocycles. The smallest absolute Gasteiger partial charge is 0.137 e. The monoisotopic (exact) mass is 271 g/mol. The molecule has 0 aliphatic carbocycles. The maximum atomic E-state index is 4.26. The minimum absolute atomic E-state index is 0.367. The van der Waals surface area contributed by atoms with Crippen LogP contribution in [-0.4, -0.2) is 57.8 Å². The van der Waals surface area contributed by atoms with Gasteiger partial charge in [-0.05, 0) is 12.6 Å². The van der Waals surface area contributed by atoms with Crippen LogP contribution in [0.15, 0.2) is 43.0 Å². The summed E-state index contributed by atoms with van der Waals surface area (Å²) >= 11 is 0. The number of hydrogen-bond donors (Lipinski definition) is 0. The third-order valence-electron chi connectivity index (χ3n) is 3.99. The predicted octanol–water partition coefficient (Wildman–Crippen LogP) is 1.27. The van der Waals surface area contributed by atoms with Crippen molar-refractivity contribution in [1.82, 2.24) is 24.6 Å². The lowest BCUT2D eigenvalue weighted by atomic mass is 10.0. The Balaban J connectivity index is 1.80. The first-order valence-electron chi connectivity index (χ1n) is 7.13. The molecule has 0 saturated carbocycles. The van der Waals surface area contributed by atoms with Crippen molar-refractivity contribution in [3.8, 4) is 0 Å². The first kappa shape index (κ1) is 13.3. The number of likely N-dealkylation sites (N-methyl/N-ethyl adjacent to an activating group) is 1. The SMILES string of the molecule is CN1CCN(C(Cn2cncn2)c2ccccc2)CC1. The lowest BCUT2D eigenvalue weighted by Crippen LogP contribution is -2.46. The highest BCUT2D eigenvalue weighted by Crippen LogP contribution is 2.23. The van der Waals surface area contributed by atoms with Gasteiger partial charge in [-0.1, -0.05) is 30.3 Å². The number of benzene rings is 1. The summed E-state index contributed by atoms with van der Waals surface area (Å²) in [4.78, 5) is 8.99. The quantitative estimate of drug-likeness (QED) is 0.839. The van der Waals surface area contributed by atoms with E-state index in [1.165, 1.54) is 5.56 Å². The zero-order valence-corrected chi connectivity index (χ0v) is 11.9. The van der Waals surface area contributed by atoms with Crippen LogP contribution in [-0.2, 0) is 6.54 Å². The van der Waals surface area contributed by atoms with E-state index in [-0.39, 0.29) is 0 Å². The van der Waals surface area contributed by atoms with Crippen molar-refractivity contribution in [2.75, 3.05) is 33.2 Å². The van der Waals surface area contributed by atoms with Crippen LogP contribution in [0.5, 0.6) is 0 Å². The Labute approximate surface area is 119 Å². The van der Waals surface area contributed by atoms with Crippen LogP contribution >= 0.6 is 0 Å². The zero-order valence-electron chi connectivity index (χ0n) is 11.9. The summed E-state index contributed by atoms with van der Waals surface area (Å²) in [5.74, 6) is 0. The van der Waals surface area contributed by atoms with Crippen LogP contribution in [0.25, 0.3) is 0 Å². The molecule has 0 spiro atoms. The van der Waals surface area contributed by atoms with Gasteiger partial charge in [0.05, 0.1) is 12.6 Å². The van der Waals surface area contributed by atoms with E-state index in [4.69, 9.17) is 0 Å². The molecule has 0 bridgehead atoms. The molecule has 2 heterocycles. The number of rotatable bonds is 4. The molecule has 20 heavy (non-hydrogen) atoms. The average Bonchev–Trinajstić information content (AvgIpc) is 3.00. The highest BCUT2D eigenvalue weighted by molar-refractivity contribution is 5.19. The van der Waals surface area contributed by atoms with Crippen molar-refractivity contribution in [3.05, 3.63) is 48.5 Å². The second kappa shape index (κ2) is 6.15. The molecule has 3 rings (SSSR count). The third kappa shape index (κ3) is 3.05. The minimum atomic E-state index is 0.367. The van der Waals surface area contributed by atoms with Crippen LogP contribution in [0.2, 0.25) is 0 Å². The fourth-order valence-electron chi connectivity index (χ4n) is 2.74. The second-order valence-electron chi connectivity index (χ2n) is 5.38. The van der Waals surface area contributed by atoms with Gasteiger partial charge < -0.3 is 4.90 Å². The highest BCUT2D eigenvalue weighted by Gasteiger charge is 2.24. The normalized spacial score (nSPS) is 19.1. The molecule has 1 unspecified atom stereocenters. The van der Waals surface area contributed by atoms with E-state index in [0.29, 0.717) is 6.04 Å². The van der Waals surface area contributed by atoms with Gasteiger partial charge in [0.25, 0.3) is 0 Å². The summed E-state index contributed by atoms with van der Waals surface area (Å²) in [5, 5.41) is 4.26. The fourth-order valence-corrected chi connectivity index (χ4v) is 2.74. The summed E-state index contributed by atoms with van der Waals surface area (Å²) in [6.07, 6.45) is 3.40. The first-order valence-corrected chi connectivity index (χ1v) is 7.13. The summed E-state index contributed by atoms with van der Waals surface area (Å²) < 4.78 is 1.93. The van der Waals surface area contributed by atoms with Crippen molar-refractivity contribution in [3.63, 3.8) is 0 Å². The molecule has 0 amide bonds. The Morgan fingerprint density at radius 3 is 2.50 bits per heavy atom. The zero-order chi connectivity index (χ0) is 13.8. The van der Waals surface area contributed by atoms with Gasteiger partial charge in [-0.3, -0.25) is 9.58 Å². The first-order chi connectivity index (χ1) is 9.83. The molecule has 5 nitrogen and oxygen atoms in total. The number of hydrogen-bond acceptors (Lipinski definition) is 4. The Kier molecular flexibility index (Phi) is 4.08. The van der Waals surface area contributed by atoms with Gasteiger partial charge in [-0.15, -0.1) is 0 Å². The lowest BCUT2D eigenvalue weighted by Gasteiger charge is -2.38. The number of aromatic nitrogens is 3. The van der Waals surface area contributed by atoms with Gasteiger partial charge in [0.2, 0.25) is 0 Å². The van der Waals surface area contributed by atoms with Gasteiger partial charge in [0, 0.05) is 26.2 Å². The molecule has 2 aromatic rings. The van der Waals surface area contributed by atoms with E-state index in [2.05, 4.69) is 57.3 Å². The molecule has 1 aromatic heterocycles. The van der Waals surface area contributed by atoms with Gasteiger partial charge in [0.1, 0.15) is 12.7 Å². The van der Waals surface area contributed by atoms with E-state index < -0.39 is 0 Å². The molecule has 1 aliphatic heterocycles. The van der Waals surface area contributed by atoms with E-state index in [1.54, 1.807) is 12.7 Å². The number of nitrogens with zero attached hydrogens (tertiary/aromatic N) is 5. The summed E-state index contributed by atoms with van der Waals surface area (Å²) in [7, 11) is 2.19. The van der Waals surface area contributed by atoms with Crippen LogP contribution in [0.1, 0.15) is 11.6 Å². The number of piperazine rings is 1. The van der Waals surface area contributed by atoms with Crippen LogP contribution in [0.3, 0.4) is 0 Å². The molecular formula is C15H21N5. The molecular weight excluding hydrogens is 250 g/mol. The van der Waals surface area contributed by atoms with Crippen molar-refractivity contribution in [2.45, 2.75) is 12.6 Å². The highest BCUT2D eigenvalue weighted by atomic mass is 15.3. The van der Waals surface area contributed by atoms with Gasteiger partial charge in [-0.25, -0.2) is 4.98 Å². The molecule has 106 valence electrons. The molecule has 1 aliphatic rings. The van der Waals surface area contributed by atoms with Crippen molar-refractivity contribution in [1.29, 1.82) is 0 Å². The molecule has 5 heteroatoms. The van der Waals surface area contributed by atoms with E-state index in [9.17, 15) is 0 Å². The standard InChI is InChI=1S/C15H21N5/c1-18-7-9-19(10-8-18)15(11-20-13-16-12-17-20)14-5-3-2-4-6-14/h2-6,12-13,15H,7-11H2,1H3. The molecule has 1 saturated heterocycles. The molecule has 0 N–H and O–H groups in total. The summed E-state index contributed by atoms with van der Waals surface area (Å²) in [6, 6.07) is 11.1. The third-order valence-corrected chi connectivity index (χ3v) is 3.99. The maximum absolute atomic E-state index is 4.26. The van der Waals surface area contributed by atoms with Gasteiger partial charge in [0.15, 0.2) is 0 Å². The van der Waals surface area contributed by atoms with Crippen molar-refractivity contribution >= 4 is 0 Å². The molecule has 1 atom stereocenters. The topological polar surface area (TPSA) is 37.2 Å². The Bertz CT molecular complexity index is 502. The maximum Gasteiger partial charge on any atom is 0.137 e. The van der Waals surface area contributed by atoms with Crippen LogP contribution < -0.4 is 0 Å². The van der Waals surface area contributed by atoms with Crippen molar-refractivity contribution < 1.29 is 0 Å². The van der Waals surface area contributed by atoms with Crippen LogP contribution in [0, 0.1) is 0 Å².